The van der Waals surface area contributed by atoms with Crippen LogP contribution in [0, 0.1) is 12.3 Å². The van der Waals surface area contributed by atoms with Crippen molar-refractivity contribution in [2.24, 2.45) is 0 Å². The first kappa shape index (κ1) is 7.76. The molecule has 0 unspecified atom stereocenters. The third-order valence-corrected chi connectivity index (χ3v) is 1.31. The van der Waals surface area contributed by atoms with Gasteiger partial charge in [-0.15, -0.1) is 6.42 Å². The molecule has 1 fully saturated rings. The number of nitrogens with zero attached hydrogens (tertiary/aromatic N) is 1. The normalized spacial score (nSPS) is 17.2. The molecule has 0 aromatic carbocycles. The van der Waals surface area contributed by atoms with E-state index in [1.807, 2.05) is 0 Å². The molecule has 0 spiro atoms. The molecule has 0 N–H and O–H groups in total. The van der Waals surface area contributed by atoms with E-state index in [9.17, 15) is 9.59 Å². The number of amides is 1. The second-order valence-electron chi connectivity index (χ2n) is 2.06. The molecule has 0 aliphatic carbocycles. The van der Waals surface area contributed by atoms with Crippen LogP contribution < -0.4 is 0 Å². The highest BCUT2D eigenvalue weighted by molar-refractivity contribution is 6.37. The minimum Gasteiger partial charge on any atom is -0.289 e. The molecule has 4 nitrogen and oxygen atoms in total. The molecule has 1 aliphatic rings. The maximum Gasteiger partial charge on any atom is 0.313 e. The third-order valence-electron chi connectivity index (χ3n) is 1.31. The second kappa shape index (κ2) is 3.17. The Morgan fingerprint density at radius 1 is 1.64 bits per heavy atom. The van der Waals surface area contributed by atoms with Crippen LogP contribution in [0.3, 0.4) is 0 Å². The molecule has 1 saturated heterocycles. The minimum absolute atomic E-state index is 0.0268. The summed E-state index contributed by atoms with van der Waals surface area (Å²) >= 11 is 0. The largest absolute Gasteiger partial charge is 0.313 e. The predicted octanol–water partition coefficient (Wildman–Crippen LogP) is -0.647. The van der Waals surface area contributed by atoms with Crippen molar-refractivity contribution in [3.8, 4) is 12.3 Å². The lowest BCUT2D eigenvalue weighted by Gasteiger charge is -2.10. The van der Waals surface area contributed by atoms with E-state index in [1.54, 1.807) is 0 Å². The van der Waals surface area contributed by atoms with Gasteiger partial charge in [0.25, 0.3) is 0 Å². The van der Waals surface area contributed by atoms with Gasteiger partial charge >= 0.3 is 5.91 Å². The number of rotatable bonds is 2. The predicted molar refractivity (Wildman–Crippen MR) is 36.1 cm³/mol. The van der Waals surface area contributed by atoms with E-state index in [4.69, 9.17) is 11.3 Å². The summed E-state index contributed by atoms with van der Waals surface area (Å²) in [5, 5.41) is 1.00. The Balaban J connectivity index is 2.44. The average Bonchev–Trinajstić information content (AvgIpc) is 2.31. The van der Waals surface area contributed by atoms with Crippen LogP contribution in [0.5, 0.6) is 0 Å². The molecule has 58 valence electrons. The van der Waals surface area contributed by atoms with Gasteiger partial charge in [-0.25, -0.2) is 5.06 Å². The molecule has 0 aromatic rings. The van der Waals surface area contributed by atoms with Gasteiger partial charge in [0.15, 0.2) is 0 Å². The fourth-order valence-electron chi connectivity index (χ4n) is 0.789. The smallest absolute Gasteiger partial charge is 0.289 e. The molecule has 0 aromatic heterocycles. The van der Waals surface area contributed by atoms with E-state index in [2.05, 4.69) is 5.92 Å². The first-order chi connectivity index (χ1) is 5.25. The van der Waals surface area contributed by atoms with Gasteiger partial charge in [0, 0.05) is 6.42 Å². The summed E-state index contributed by atoms with van der Waals surface area (Å²) in [6.45, 7) is 0.346. The lowest BCUT2D eigenvalue weighted by atomic mass is 10.3. The molecule has 1 aliphatic heterocycles. The summed E-state index contributed by atoms with van der Waals surface area (Å²) in [6, 6.07) is 0. The van der Waals surface area contributed by atoms with Crippen molar-refractivity contribution in [3.05, 3.63) is 0 Å². The maximum atomic E-state index is 10.8. The third kappa shape index (κ3) is 1.57. The number of Topliss-reactive ketones (excluding diaryl/α,β-unsaturated/α-hetero) is 1. The molecular weight excluding hydrogens is 146 g/mol. The molecule has 11 heavy (non-hydrogen) atoms. The number of hydrogen-bond acceptors (Lipinski definition) is 3. The zero-order valence-electron chi connectivity index (χ0n) is 5.87. The molecule has 0 saturated carbocycles. The van der Waals surface area contributed by atoms with E-state index >= 15 is 0 Å². The highest BCUT2D eigenvalue weighted by Gasteiger charge is 2.29. The summed E-state index contributed by atoms with van der Waals surface area (Å²) in [5.74, 6) is 1.19. The van der Waals surface area contributed by atoms with E-state index in [0.717, 1.165) is 5.06 Å². The van der Waals surface area contributed by atoms with Crippen LogP contribution in [-0.2, 0) is 14.4 Å². The Labute approximate surface area is 64.1 Å². The van der Waals surface area contributed by atoms with Crippen LogP contribution in [0.15, 0.2) is 0 Å². The topological polar surface area (TPSA) is 46.6 Å². The molecule has 0 radical (unpaired) electrons. The first-order valence-corrected chi connectivity index (χ1v) is 3.17. The van der Waals surface area contributed by atoms with Crippen molar-refractivity contribution < 1.29 is 14.4 Å². The Bertz CT molecular complexity index is 228. The van der Waals surface area contributed by atoms with Crippen molar-refractivity contribution in [1.29, 1.82) is 0 Å². The SMILES string of the molecule is C#CCON1CCC(=O)C1=O. The van der Waals surface area contributed by atoms with Crippen molar-refractivity contribution in [2.45, 2.75) is 6.42 Å². The first-order valence-electron chi connectivity index (χ1n) is 3.17. The zero-order chi connectivity index (χ0) is 8.27. The van der Waals surface area contributed by atoms with Gasteiger partial charge in [0.1, 0.15) is 6.61 Å². The highest BCUT2D eigenvalue weighted by Crippen LogP contribution is 2.05. The van der Waals surface area contributed by atoms with Gasteiger partial charge in [0.05, 0.1) is 6.54 Å². The summed E-state index contributed by atoms with van der Waals surface area (Å²) < 4.78 is 0. The van der Waals surface area contributed by atoms with Gasteiger partial charge in [-0.05, 0) is 0 Å². The van der Waals surface area contributed by atoms with Crippen molar-refractivity contribution >= 4 is 11.7 Å². The van der Waals surface area contributed by atoms with Crippen molar-refractivity contribution in [1.82, 2.24) is 5.06 Å². The van der Waals surface area contributed by atoms with Crippen LogP contribution in [-0.4, -0.2) is 29.9 Å². The van der Waals surface area contributed by atoms with Crippen molar-refractivity contribution in [3.63, 3.8) is 0 Å². The van der Waals surface area contributed by atoms with E-state index in [1.165, 1.54) is 0 Å². The Kier molecular flexibility index (Phi) is 2.24. The number of terminal acetylenes is 1. The van der Waals surface area contributed by atoms with Gasteiger partial charge in [-0.2, -0.15) is 0 Å². The summed E-state index contributed by atoms with van der Waals surface area (Å²) in [7, 11) is 0. The molecule has 0 bridgehead atoms. The Morgan fingerprint density at radius 2 is 2.36 bits per heavy atom. The van der Waals surface area contributed by atoms with Gasteiger partial charge in [-0.1, -0.05) is 5.92 Å². The van der Waals surface area contributed by atoms with E-state index in [-0.39, 0.29) is 13.0 Å². The number of carbonyl (C=O) groups excluding carboxylic acids is 2. The molecule has 1 amide bonds. The summed E-state index contributed by atoms with van der Waals surface area (Å²) in [5.41, 5.74) is 0. The standard InChI is InChI=1S/C7H7NO3/c1-2-5-11-8-4-3-6(9)7(8)10/h1H,3-5H2. The second-order valence-corrected chi connectivity index (χ2v) is 2.06. The Morgan fingerprint density at radius 3 is 2.82 bits per heavy atom. The molecule has 1 heterocycles. The zero-order valence-corrected chi connectivity index (χ0v) is 5.87. The highest BCUT2D eigenvalue weighted by atomic mass is 16.7. The summed E-state index contributed by atoms with van der Waals surface area (Å²) in [6.07, 6.45) is 5.11. The number of ketones is 1. The molecular formula is C7H7NO3. The van der Waals surface area contributed by atoms with Gasteiger partial charge in [0.2, 0.25) is 5.78 Å². The Hall–Kier alpha value is -1.34. The summed E-state index contributed by atoms with van der Waals surface area (Å²) in [4.78, 5) is 26.2. The fraction of sp³-hybridized carbons (Fsp3) is 0.429. The number of hydroxylamine groups is 2. The van der Waals surface area contributed by atoms with Crippen LogP contribution in [0.25, 0.3) is 0 Å². The van der Waals surface area contributed by atoms with Crippen LogP contribution >= 0.6 is 0 Å². The van der Waals surface area contributed by atoms with E-state index < -0.39 is 11.7 Å². The lowest BCUT2D eigenvalue weighted by molar-refractivity contribution is -0.174. The molecule has 0 atom stereocenters. The number of hydrogen-bond donors (Lipinski definition) is 0. The molecule has 1 rings (SSSR count). The quantitative estimate of drug-likeness (QED) is 0.391. The van der Waals surface area contributed by atoms with Crippen molar-refractivity contribution in [2.75, 3.05) is 13.2 Å². The van der Waals surface area contributed by atoms with Crippen LogP contribution in [0.1, 0.15) is 6.42 Å². The maximum absolute atomic E-state index is 10.8. The van der Waals surface area contributed by atoms with Crippen LogP contribution in [0.4, 0.5) is 0 Å². The van der Waals surface area contributed by atoms with Gasteiger partial charge in [-0.3, -0.25) is 14.4 Å². The lowest BCUT2D eigenvalue weighted by Crippen LogP contribution is -2.27. The molecule has 4 heteroatoms. The average molecular weight is 153 g/mol. The fourth-order valence-corrected chi connectivity index (χ4v) is 0.789. The van der Waals surface area contributed by atoms with Crippen LogP contribution in [0.2, 0.25) is 0 Å². The van der Waals surface area contributed by atoms with Gasteiger partial charge < -0.3 is 0 Å². The number of carbonyl (C=O) groups is 2. The van der Waals surface area contributed by atoms with E-state index in [0.29, 0.717) is 6.54 Å². The minimum atomic E-state index is -0.597. The monoisotopic (exact) mass is 153 g/mol.